The van der Waals surface area contributed by atoms with Gasteiger partial charge in [-0.2, -0.15) is 0 Å². The lowest BCUT2D eigenvalue weighted by atomic mass is 10.3. The average Bonchev–Trinajstić information content (AvgIpc) is 2.01. The zero-order valence-corrected chi connectivity index (χ0v) is 7.54. The molecule has 0 spiro atoms. The Balaban J connectivity index is 3.52. The molecule has 0 aliphatic heterocycles. The first-order valence-corrected chi connectivity index (χ1v) is 4.06. The molecule has 11 heavy (non-hydrogen) atoms. The summed E-state index contributed by atoms with van der Waals surface area (Å²) in [6.07, 6.45) is 0.00685. The van der Waals surface area contributed by atoms with E-state index in [4.69, 9.17) is 4.74 Å². The van der Waals surface area contributed by atoms with Gasteiger partial charge in [-0.15, -0.1) is 0 Å². The number of rotatable bonds is 6. The van der Waals surface area contributed by atoms with Crippen LogP contribution in [0, 0.1) is 0 Å². The topological polar surface area (TPSA) is 29.5 Å². The van der Waals surface area contributed by atoms with Crippen molar-refractivity contribution >= 4 is 6.47 Å². The third kappa shape index (κ3) is 4.79. The van der Waals surface area contributed by atoms with Crippen LogP contribution in [0.1, 0.15) is 20.8 Å². The second-order valence-electron chi connectivity index (χ2n) is 2.53. The number of likely N-dealkylation sites (N-methyl/N-ethyl adjacent to an activating group) is 1. The lowest BCUT2D eigenvalue weighted by Crippen LogP contribution is -2.31. The van der Waals surface area contributed by atoms with Crippen molar-refractivity contribution in [2.24, 2.45) is 0 Å². The van der Waals surface area contributed by atoms with E-state index in [1.165, 1.54) is 0 Å². The van der Waals surface area contributed by atoms with Crippen LogP contribution in [-0.4, -0.2) is 37.1 Å². The summed E-state index contributed by atoms with van der Waals surface area (Å²) in [5.74, 6) is 0. The van der Waals surface area contributed by atoms with Crippen LogP contribution >= 0.6 is 0 Å². The molecule has 0 bridgehead atoms. The van der Waals surface area contributed by atoms with Crippen molar-refractivity contribution in [3.63, 3.8) is 0 Å². The Kier molecular flexibility index (Phi) is 5.84. The van der Waals surface area contributed by atoms with Crippen molar-refractivity contribution in [3.05, 3.63) is 0 Å². The number of carbonyl (C=O) groups is 1. The third-order valence-electron chi connectivity index (χ3n) is 1.70. The molecule has 0 saturated heterocycles. The summed E-state index contributed by atoms with van der Waals surface area (Å²) in [6, 6.07) is 0. The fraction of sp³-hybridized carbons (Fsp3) is 0.875. The number of hydrogen-bond donors (Lipinski definition) is 0. The highest BCUT2D eigenvalue weighted by atomic mass is 16.5. The smallest absolute Gasteiger partial charge is 0.293 e. The lowest BCUT2D eigenvalue weighted by Gasteiger charge is -2.21. The molecule has 0 aromatic carbocycles. The molecule has 0 heterocycles. The predicted molar refractivity (Wildman–Crippen MR) is 44.4 cm³/mol. The molecule has 0 aliphatic rings. The van der Waals surface area contributed by atoms with E-state index in [1.54, 1.807) is 0 Å². The molecule has 66 valence electrons. The Morgan fingerprint density at radius 3 is 2.36 bits per heavy atom. The summed E-state index contributed by atoms with van der Waals surface area (Å²) in [7, 11) is 0. The largest absolute Gasteiger partial charge is 0.464 e. The Bertz CT molecular complexity index is 102. The van der Waals surface area contributed by atoms with Crippen molar-refractivity contribution in [1.29, 1.82) is 0 Å². The minimum atomic E-state index is 0.00685. The predicted octanol–water partition coefficient (Wildman–Crippen LogP) is 0.890. The molecule has 0 N–H and O–H groups in total. The van der Waals surface area contributed by atoms with E-state index in [0.29, 0.717) is 6.47 Å². The maximum atomic E-state index is 9.93. The van der Waals surface area contributed by atoms with Crippen molar-refractivity contribution in [3.8, 4) is 0 Å². The molecular weight excluding hydrogens is 142 g/mol. The summed E-state index contributed by atoms with van der Waals surface area (Å²) in [6.45, 7) is 9.42. The minimum Gasteiger partial charge on any atom is -0.464 e. The zero-order valence-electron chi connectivity index (χ0n) is 7.54. The molecule has 1 unspecified atom stereocenters. The molecule has 0 fully saturated rings. The first kappa shape index (κ1) is 10.4. The van der Waals surface area contributed by atoms with Crippen LogP contribution in [0.15, 0.2) is 0 Å². The standard InChI is InChI=1S/C8H17NO2/c1-4-9(5-2)6-8(3)11-7-10/h7-8H,4-6H2,1-3H3. The van der Waals surface area contributed by atoms with Gasteiger partial charge in [0.15, 0.2) is 0 Å². The second kappa shape index (κ2) is 6.16. The van der Waals surface area contributed by atoms with Crippen LogP contribution in [0.25, 0.3) is 0 Å². The Morgan fingerprint density at radius 2 is 2.00 bits per heavy atom. The van der Waals surface area contributed by atoms with Gasteiger partial charge in [-0.1, -0.05) is 13.8 Å². The van der Waals surface area contributed by atoms with Gasteiger partial charge in [0.1, 0.15) is 6.10 Å². The third-order valence-corrected chi connectivity index (χ3v) is 1.70. The summed E-state index contributed by atoms with van der Waals surface area (Å²) in [5, 5.41) is 0. The Hall–Kier alpha value is -0.570. The van der Waals surface area contributed by atoms with Crippen LogP contribution in [-0.2, 0) is 9.53 Å². The lowest BCUT2D eigenvalue weighted by molar-refractivity contribution is -0.133. The van der Waals surface area contributed by atoms with Crippen LogP contribution in [0.2, 0.25) is 0 Å². The molecule has 0 saturated carbocycles. The molecule has 3 heteroatoms. The summed E-state index contributed by atoms with van der Waals surface area (Å²) < 4.78 is 4.75. The van der Waals surface area contributed by atoms with E-state index >= 15 is 0 Å². The maximum absolute atomic E-state index is 9.93. The van der Waals surface area contributed by atoms with Crippen LogP contribution in [0.5, 0.6) is 0 Å². The van der Waals surface area contributed by atoms with Crippen molar-refractivity contribution in [1.82, 2.24) is 4.90 Å². The number of hydrogen-bond acceptors (Lipinski definition) is 3. The van der Waals surface area contributed by atoms with Crippen molar-refractivity contribution < 1.29 is 9.53 Å². The molecule has 0 amide bonds. The highest BCUT2D eigenvalue weighted by Crippen LogP contribution is 1.94. The molecule has 3 nitrogen and oxygen atoms in total. The maximum Gasteiger partial charge on any atom is 0.293 e. The monoisotopic (exact) mass is 159 g/mol. The normalized spacial score (nSPS) is 13.1. The zero-order chi connectivity index (χ0) is 8.69. The Labute approximate surface area is 68.3 Å². The van der Waals surface area contributed by atoms with Gasteiger partial charge < -0.3 is 9.64 Å². The highest BCUT2D eigenvalue weighted by Gasteiger charge is 2.05. The minimum absolute atomic E-state index is 0.00685. The quantitative estimate of drug-likeness (QED) is 0.539. The molecule has 0 aliphatic carbocycles. The summed E-state index contributed by atoms with van der Waals surface area (Å²) >= 11 is 0. The van der Waals surface area contributed by atoms with Gasteiger partial charge in [-0.05, 0) is 20.0 Å². The number of carbonyl (C=O) groups excluding carboxylic acids is 1. The Morgan fingerprint density at radius 1 is 1.45 bits per heavy atom. The van der Waals surface area contributed by atoms with E-state index in [1.807, 2.05) is 6.92 Å². The SMILES string of the molecule is CCN(CC)CC(C)OC=O. The van der Waals surface area contributed by atoms with Gasteiger partial charge in [-0.25, -0.2) is 0 Å². The van der Waals surface area contributed by atoms with E-state index in [-0.39, 0.29) is 6.10 Å². The van der Waals surface area contributed by atoms with Crippen LogP contribution < -0.4 is 0 Å². The summed E-state index contributed by atoms with van der Waals surface area (Å²) in [5.41, 5.74) is 0. The average molecular weight is 159 g/mol. The van der Waals surface area contributed by atoms with Gasteiger partial charge in [0, 0.05) is 6.54 Å². The van der Waals surface area contributed by atoms with E-state index in [9.17, 15) is 4.79 Å². The first-order chi connectivity index (χ1) is 5.24. The molecule has 0 aromatic rings. The molecular formula is C8H17NO2. The molecule has 0 radical (unpaired) electrons. The molecule has 0 rings (SSSR count). The van der Waals surface area contributed by atoms with Crippen molar-refractivity contribution in [2.75, 3.05) is 19.6 Å². The molecule has 1 atom stereocenters. The first-order valence-electron chi connectivity index (χ1n) is 4.06. The fourth-order valence-corrected chi connectivity index (χ4v) is 0.983. The summed E-state index contributed by atoms with van der Waals surface area (Å²) in [4.78, 5) is 12.1. The van der Waals surface area contributed by atoms with Gasteiger partial charge >= 0.3 is 0 Å². The van der Waals surface area contributed by atoms with Crippen LogP contribution in [0.4, 0.5) is 0 Å². The highest BCUT2D eigenvalue weighted by molar-refractivity contribution is 5.37. The van der Waals surface area contributed by atoms with E-state index in [2.05, 4.69) is 18.7 Å². The number of nitrogens with zero attached hydrogens (tertiary/aromatic N) is 1. The van der Waals surface area contributed by atoms with Crippen LogP contribution in [0.3, 0.4) is 0 Å². The van der Waals surface area contributed by atoms with Gasteiger partial charge in [0.05, 0.1) is 0 Å². The van der Waals surface area contributed by atoms with Crippen molar-refractivity contribution in [2.45, 2.75) is 26.9 Å². The fourth-order valence-electron chi connectivity index (χ4n) is 0.983. The molecule has 0 aromatic heterocycles. The van der Waals surface area contributed by atoms with E-state index in [0.717, 1.165) is 19.6 Å². The van der Waals surface area contributed by atoms with Gasteiger partial charge in [0.2, 0.25) is 0 Å². The van der Waals surface area contributed by atoms with Gasteiger partial charge in [-0.3, -0.25) is 4.79 Å². The number of ether oxygens (including phenoxy) is 1. The second-order valence-corrected chi connectivity index (χ2v) is 2.53. The van der Waals surface area contributed by atoms with Gasteiger partial charge in [0.25, 0.3) is 6.47 Å². The van der Waals surface area contributed by atoms with E-state index < -0.39 is 0 Å².